The van der Waals surface area contributed by atoms with Gasteiger partial charge in [0.1, 0.15) is 11.4 Å². The standard InChI is InChI=1S/C31H32ClF4N5O/c1-20-16-37-41(27(20)31(34,35)36)24-3-2-10-40(17-24)26-15-22(32)6-9-25(26)21-4-7-23(8-5-21)38-11-13-39(14-12-38)28(42)29-18-30(29,33)19-29/h4-9,15-16,24H,2-3,10-14,17-19H2,1H3. The Morgan fingerprint density at radius 2 is 1.69 bits per heavy atom. The Hall–Kier alpha value is -3.27. The summed E-state index contributed by atoms with van der Waals surface area (Å²) in [4.78, 5) is 18.9. The highest BCUT2D eigenvalue weighted by Crippen LogP contribution is 2.81. The molecule has 2 aliphatic carbocycles. The van der Waals surface area contributed by atoms with Crippen LogP contribution in [0.3, 0.4) is 0 Å². The number of piperazine rings is 1. The Labute approximate surface area is 246 Å². The number of hydrogen-bond acceptors (Lipinski definition) is 4. The number of piperidine rings is 1. The number of anilines is 2. The zero-order valence-electron chi connectivity index (χ0n) is 23.3. The van der Waals surface area contributed by atoms with Gasteiger partial charge in [-0.25, -0.2) is 4.39 Å². The lowest BCUT2D eigenvalue weighted by Crippen LogP contribution is -2.50. The largest absolute Gasteiger partial charge is 0.433 e. The number of rotatable bonds is 5. The first-order chi connectivity index (χ1) is 20.0. The first-order valence-electron chi connectivity index (χ1n) is 14.5. The smallest absolute Gasteiger partial charge is 0.369 e. The number of carbonyl (C=O) groups excluding carboxylic acids is 1. The van der Waals surface area contributed by atoms with E-state index in [9.17, 15) is 22.4 Å². The first-order valence-corrected chi connectivity index (χ1v) is 14.9. The van der Waals surface area contributed by atoms with Gasteiger partial charge in [0.2, 0.25) is 5.91 Å². The Morgan fingerprint density at radius 1 is 1.00 bits per heavy atom. The molecule has 222 valence electrons. The van der Waals surface area contributed by atoms with Gasteiger partial charge in [-0.15, -0.1) is 0 Å². The van der Waals surface area contributed by atoms with Crippen molar-refractivity contribution in [2.24, 2.45) is 5.41 Å². The quantitative estimate of drug-likeness (QED) is 0.312. The monoisotopic (exact) mass is 601 g/mol. The normalized spacial score (nSPS) is 27.2. The molecule has 1 amide bonds. The molecule has 2 aliphatic heterocycles. The van der Waals surface area contributed by atoms with Crippen molar-refractivity contribution in [2.45, 2.75) is 50.5 Å². The summed E-state index contributed by atoms with van der Waals surface area (Å²) in [5, 5.41) is 4.68. The third kappa shape index (κ3) is 4.53. The second-order valence-corrected chi connectivity index (χ2v) is 12.7. The Kier molecular flexibility index (Phi) is 6.31. The predicted molar refractivity (Wildman–Crippen MR) is 154 cm³/mol. The average Bonchev–Trinajstić information content (AvgIpc) is 3.69. The van der Waals surface area contributed by atoms with E-state index in [-0.39, 0.29) is 11.5 Å². The van der Waals surface area contributed by atoms with Gasteiger partial charge in [-0.05, 0) is 55.2 Å². The second-order valence-electron chi connectivity index (χ2n) is 12.2. The van der Waals surface area contributed by atoms with Crippen LogP contribution >= 0.6 is 11.6 Å². The summed E-state index contributed by atoms with van der Waals surface area (Å²) in [6.07, 6.45) is -1.05. The van der Waals surface area contributed by atoms with E-state index in [2.05, 4.69) is 27.0 Å². The molecule has 11 heteroatoms. The molecule has 4 aliphatic rings. The molecule has 3 aromatic rings. The minimum absolute atomic E-state index is 0.0208. The van der Waals surface area contributed by atoms with E-state index < -0.39 is 29.0 Å². The van der Waals surface area contributed by atoms with Gasteiger partial charge in [0.25, 0.3) is 0 Å². The molecule has 1 unspecified atom stereocenters. The summed E-state index contributed by atoms with van der Waals surface area (Å²) in [5.74, 6) is -0.0208. The number of halogens is 5. The fraction of sp³-hybridized carbons (Fsp3) is 0.484. The maximum atomic E-state index is 14.1. The number of hydrogen-bond donors (Lipinski definition) is 0. The van der Waals surface area contributed by atoms with Crippen molar-refractivity contribution in [3.05, 3.63) is 64.9 Å². The minimum Gasteiger partial charge on any atom is -0.369 e. The van der Waals surface area contributed by atoms with Crippen molar-refractivity contribution in [3.8, 4) is 11.1 Å². The van der Waals surface area contributed by atoms with E-state index in [0.29, 0.717) is 63.6 Å². The highest BCUT2D eigenvalue weighted by Gasteiger charge is 2.90. The number of alkyl halides is 4. The second kappa shape index (κ2) is 9.62. The molecule has 0 radical (unpaired) electrons. The van der Waals surface area contributed by atoms with Crippen LogP contribution in [-0.2, 0) is 11.0 Å². The molecule has 2 saturated carbocycles. The van der Waals surface area contributed by atoms with Crippen molar-refractivity contribution >= 4 is 28.9 Å². The highest BCUT2D eigenvalue weighted by molar-refractivity contribution is 6.31. The summed E-state index contributed by atoms with van der Waals surface area (Å²) in [6.45, 7) is 5.09. The fourth-order valence-corrected chi connectivity index (χ4v) is 7.11. The average molecular weight is 602 g/mol. The van der Waals surface area contributed by atoms with Crippen molar-refractivity contribution in [1.29, 1.82) is 0 Å². The number of amides is 1. The van der Waals surface area contributed by atoms with Crippen molar-refractivity contribution in [1.82, 2.24) is 14.7 Å². The van der Waals surface area contributed by atoms with Gasteiger partial charge in [-0.2, -0.15) is 18.3 Å². The van der Waals surface area contributed by atoms with Crippen LogP contribution in [0, 0.1) is 12.3 Å². The first kappa shape index (κ1) is 27.6. The number of nitrogens with zero attached hydrogens (tertiary/aromatic N) is 5. The van der Waals surface area contributed by atoms with E-state index in [0.717, 1.165) is 33.6 Å². The molecule has 4 fully saturated rings. The van der Waals surface area contributed by atoms with Crippen LogP contribution in [0.5, 0.6) is 0 Å². The van der Waals surface area contributed by atoms with E-state index >= 15 is 0 Å². The van der Waals surface area contributed by atoms with Gasteiger partial charge in [0.05, 0.1) is 17.7 Å². The van der Waals surface area contributed by atoms with Crippen molar-refractivity contribution < 1.29 is 22.4 Å². The SMILES string of the molecule is Cc1cnn(C2CCCN(c3cc(Cl)ccc3-c3ccc(N4CCN(C(=O)C56CC5(F)C6)CC4)cc3)C2)c1C(F)(F)F. The molecular weight excluding hydrogens is 570 g/mol. The Morgan fingerprint density at radius 3 is 2.33 bits per heavy atom. The van der Waals surface area contributed by atoms with Crippen molar-refractivity contribution in [3.63, 3.8) is 0 Å². The fourth-order valence-electron chi connectivity index (χ4n) is 6.94. The molecule has 6 nitrogen and oxygen atoms in total. The lowest BCUT2D eigenvalue weighted by molar-refractivity contribution is -0.145. The van der Waals surface area contributed by atoms with Crippen LogP contribution in [-0.4, -0.2) is 65.5 Å². The number of fused-ring (bicyclic) bond motifs is 1. The van der Waals surface area contributed by atoms with E-state index in [1.54, 1.807) is 0 Å². The van der Waals surface area contributed by atoms with Crippen LogP contribution in [0.4, 0.5) is 28.9 Å². The third-order valence-electron chi connectivity index (χ3n) is 9.58. The molecule has 1 aromatic heterocycles. The molecule has 2 aromatic carbocycles. The summed E-state index contributed by atoms with van der Waals surface area (Å²) in [7, 11) is 0. The number of benzene rings is 2. The zero-order chi connectivity index (χ0) is 29.4. The number of aromatic nitrogens is 2. The van der Waals surface area contributed by atoms with E-state index in [1.165, 1.54) is 13.1 Å². The van der Waals surface area contributed by atoms with Gasteiger partial charge < -0.3 is 14.7 Å². The van der Waals surface area contributed by atoms with Gasteiger partial charge in [0.15, 0.2) is 0 Å². The molecule has 42 heavy (non-hydrogen) atoms. The maximum Gasteiger partial charge on any atom is 0.433 e. The third-order valence-corrected chi connectivity index (χ3v) is 9.82. The van der Waals surface area contributed by atoms with Crippen LogP contribution in [0.15, 0.2) is 48.7 Å². The molecule has 1 atom stereocenters. The molecule has 2 saturated heterocycles. The topological polar surface area (TPSA) is 44.6 Å². The molecule has 0 spiro atoms. The van der Waals surface area contributed by atoms with Gasteiger partial charge >= 0.3 is 6.18 Å². The Bertz CT molecular complexity index is 1520. The van der Waals surface area contributed by atoms with Gasteiger partial charge in [0, 0.05) is 74.1 Å². The molecule has 0 N–H and O–H groups in total. The minimum atomic E-state index is -4.47. The molecule has 7 rings (SSSR count). The van der Waals surface area contributed by atoms with E-state index in [1.807, 2.05) is 35.2 Å². The zero-order valence-corrected chi connectivity index (χ0v) is 24.1. The van der Waals surface area contributed by atoms with Crippen molar-refractivity contribution in [2.75, 3.05) is 49.1 Å². The summed E-state index contributed by atoms with van der Waals surface area (Å²) < 4.78 is 56.7. The highest BCUT2D eigenvalue weighted by atomic mass is 35.5. The van der Waals surface area contributed by atoms with E-state index in [4.69, 9.17) is 11.6 Å². The molecular formula is C31H32ClF4N5O. The Balaban J connectivity index is 1.07. The summed E-state index contributed by atoms with van der Waals surface area (Å²) in [6, 6.07) is 13.5. The lowest BCUT2D eigenvalue weighted by Gasteiger charge is -2.37. The summed E-state index contributed by atoms with van der Waals surface area (Å²) >= 11 is 6.42. The van der Waals surface area contributed by atoms with Gasteiger partial charge in [-0.1, -0.05) is 29.8 Å². The van der Waals surface area contributed by atoms with Crippen LogP contribution in [0.25, 0.3) is 11.1 Å². The predicted octanol–water partition coefficient (Wildman–Crippen LogP) is 6.52. The van der Waals surface area contributed by atoms with Crippen LogP contribution in [0.1, 0.15) is 43.0 Å². The molecule has 3 heterocycles. The van der Waals surface area contributed by atoms with Crippen LogP contribution < -0.4 is 9.80 Å². The maximum absolute atomic E-state index is 14.1. The number of carbonyl (C=O) groups is 1. The lowest BCUT2D eigenvalue weighted by atomic mass is 9.99. The van der Waals surface area contributed by atoms with Crippen LogP contribution in [0.2, 0.25) is 5.02 Å². The summed E-state index contributed by atoms with van der Waals surface area (Å²) in [5.41, 5.74) is 1.40. The molecule has 0 bridgehead atoms. The van der Waals surface area contributed by atoms with Gasteiger partial charge in [-0.3, -0.25) is 9.48 Å². The number of aryl methyl sites for hydroxylation is 1.